The number of fused-ring (bicyclic) bond motifs is 1. The maximum Gasteiger partial charge on any atom is 0.242 e. The monoisotopic (exact) mass is 318 g/mol. The van der Waals surface area contributed by atoms with E-state index in [9.17, 15) is 4.79 Å². The molecule has 3 heterocycles. The van der Waals surface area contributed by atoms with Gasteiger partial charge in [-0.15, -0.1) is 0 Å². The zero-order valence-electron chi connectivity index (χ0n) is 13.5. The van der Waals surface area contributed by atoms with Crippen molar-refractivity contribution >= 4 is 22.9 Å². The van der Waals surface area contributed by atoms with Gasteiger partial charge in [0.05, 0.1) is 19.0 Å². The molecule has 1 fully saturated rings. The minimum atomic E-state index is 0.0863. The number of hydrogen-bond acceptors (Lipinski definition) is 6. The fourth-order valence-corrected chi connectivity index (χ4v) is 2.96. The highest BCUT2D eigenvalue weighted by atomic mass is 16.5. The van der Waals surface area contributed by atoms with Crippen LogP contribution in [0.15, 0.2) is 12.7 Å². The summed E-state index contributed by atoms with van der Waals surface area (Å²) in [6.45, 7) is 4.40. The second-order valence-corrected chi connectivity index (χ2v) is 5.71. The Morgan fingerprint density at radius 3 is 3.17 bits per heavy atom. The molecule has 1 N–H and O–H groups in total. The zero-order chi connectivity index (χ0) is 16.2. The van der Waals surface area contributed by atoms with Gasteiger partial charge in [-0.25, -0.2) is 15.0 Å². The number of carbonyl (C=O) groups is 1. The molecule has 1 amide bonds. The highest BCUT2D eigenvalue weighted by molar-refractivity contribution is 5.87. The maximum atomic E-state index is 12.6. The summed E-state index contributed by atoms with van der Waals surface area (Å²) in [6, 6.07) is 0. The number of aromatic amines is 1. The van der Waals surface area contributed by atoms with Crippen LogP contribution in [0.3, 0.4) is 0 Å². The first-order valence-corrected chi connectivity index (χ1v) is 7.93. The first-order chi connectivity index (χ1) is 11.2. The number of rotatable bonds is 5. The van der Waals surface area contributed by atoms with Gasteiger partial charge in [-0.1, -0.05) is 0 Å². The normalized spacial score (nSPS) is 18.3. The molecule has 23 heavy (non-hydrogen) atoms. The van der Waals surface area contributed by atoms with E-state index in [1.54, 1.807) is 6.33 Å². The van der Waals surface area contributed by atoms with Crippen LogP contribution in [0.1, 0.15) is 19.8 Å². The zero-order valence-corrected chi connectivity index (χ0v) is 13.5. The number of H-pyrrole nitrogens is 1. The van der Waals surface area contributed by atoms with Crippen LogP contribution in [0.2, 0.25) is 0 Å². The number of carbonyl (C=O) groups excluding carboxylic acids is 1. The largest absolute Gasteiger partial charge is 0.377 e. The van der Waals surface area contributed by atoms with Gasteiger partial charge in [0.2, 0.25) is 5.91 Å². The van der Waals surface area contributed by atoms with Gasteiger partial charge in [0.1, 0.15) is 11.8 Å². The van der Waals surface area contributed by atoms with Crippen LogP contribution < -0.4 is 4.90 Å². The number of nitrogens with zero attached hydrogens (tertiary/aromatic N) is 5. The molecule has 0 spiro atoms. The molecule has 1 aliphatic rings. The lowest BCUT2D eigenvalue weighted by Crippen LogP contribution is -2.46. The minimum absolute atomic E-state index is 0.0863. The molecule has 0 aromatic carbocycles. The van der Waals surface area contributed by atoms with E-state index < -0.39 is 0 Å². The molecule has 2 aromatic rings. The van der Waals surface area contributed by atoms with E-state index in [0.29, 0.717) is 24.6 Å². The molecule has 0 unspecified atom stereocenters. The van der Waals surface area contributed by atoms with Crippen molar-refractivity contribution < 1.29 is 9.53 Å². The molecule has 0 aliphatic carbocycles. The number of ether oxygens (including phenoxy) is 1. The van der Waals surface area contributed by atoms with Gasteiger partial charge < -0.3 is 19.5 Å². The third-order valence-electron chi connectivity index (χ3n) is 4.07. The van der Waals surface area contributed by atoms with Gasteiger partial charge in [-0.2, -0.15) is 0 Å². The standard InChI is InChI=1S/C15H22N6O2/c1-3-23-11-5-4-6-21(7-11)12(22)8-20(2)15-13-14(17-9-16-13)18-10-19-15/h9-11H,3-8H2,1-2H3,(H,16,17,18,19)/t11-/m0/s1. The fraction of sp³-hybridized carbons (Fsp3) is 0.600. The third-order valence-corrected chi connectivity index (χ3v) is 4.07. The average molecular weight is 318 g/mol. The highest BCUT2D eigenvalue weighted by Crippen LogP contribution is 2.19. The van der Waals surface area contributed by atoms with Crippen molar-refractivity contribution in [3.63, 3.8) is 0 Å². The van der Waals surface area contributed by atoms with E-state index in [4.69, 9.17) is 4.74 Å². The Bertz CT molecular complexity index is 671. The number of nitrogens with one attached hydrogen (secondary N) is 1. The number of piperidine rings is 1. The first kappa shape index (κ1) is 15.7. The van der Waals surface area contributed by atoms with Crippen LogP contribution in [-0.2, 0) is 9.53 Å². The van der Waals surface area contributed by atoms with E-state index in [-0.39, 0.29) is 18.6 Å². The molecule has 3 rings (SSSR count). The van der Waals surface area contributed by atoms with Crippen LogP contribution in [0.5, 0.6) is 0 Å². The lowest BCUT2D eigenvalue weighted by atomic mass is 10.1. The summed E-state index contributed by atoms with van der Waals surface area (Å²) in [7, 11) is 1.85. The SMILES string of the molecule is CCO[C@H]1CCCN(C(=O)CN(C)c2ncnc3nc[nH]c23)C1. The summed E-state index contributed by atoms with van der Waals surface area (Å²) in [4.78, 5) is 31.8. The molecule has 8 nitrogen and oxygen atoms in total. The molecule has 0 bridgehead atoms. The molecule has 2 aromatic heterocycles. The van der Waals surface area contributed by atoms with Gasteiger partial charge in [-0.3, -0.25) is 4.79 Å². The Morgan fingerprint density at radius 1 is 1.48 bits per heavy atom. The number of imidazole rings is 1. The first-order valence-electron chi connectivity index (χ1n) is 7.93. The van der Waals surface area contributed by atoms with Gasteiger partial charge in [-0.05, 0) is 19.8 Å². The number of likely N-dealkylation sites (N-methyl/N-ethyl adjacent to an activating group) is 1. The molecule has 0 radical (unpaired) electrons. The van der Waals surface area contributed by atoms with E-state index in [2.05, 4.69) is 19.9 Å². The summed E-state index contributed by atoms with van der Waals surface area (Å²) in [6.07, 6.45) is 5.20. The van der Waals surface area contributed by atoms with Crippen molar-refractivity contribution in [1.29, 1.82) is 0 Å². The van der Waals surface area contributed by atoms with E-state index in [1.165, 1.54) is 6.33 Å². The third kappa shape index (κ3) is 3.42. The quantitative estimate of drug-likeness (QED) is 0.878. The second-order valence-electron chi connectivity index (χ2n) is 5.71. The lowest BCUT2D eigenvalue weighted by Gasteiger charge is -2.33. The molecule has 1 saturated heterocycles. The second kappa shape index (κ2) is 6.91. The molecule has 0 saturated carbocycles. The predicted molar refractivity (Wildman–Crippen MR) is 86.2 cm³/mol. The topological polar surface area (TPSA) is 87.2 Å². The molecule has 124 valence electrons. The van der Waals surface area contributed by atoms with Crippen molar-refractivity contribution in [3.05, 3.63) is 12.7 Å². The summed E-state index contributed by atoms with van der Waals surface area (Å²) < 4.78 is 5.66. The lowest BCUT2D eigenvalue weighted by molar-refractivity contribution is -0.133. The number of hydrogen-bond donors (Lipinski definition) is 1. The van der Waals surface area contributed by atoms with E-state index in [1.807, 2.05) is 23.8 Å². The molecule has 1 atom stereocenters. The maximum absolute atomic E-state index is 12.6. The molecular weight excluding hydrogens is 296 g/mol. The number of likely N-dealkylation sites (tertiary alicyclic amines) is 1. The van der Waals surface area contributed by atoms with Gasteiger partial charge in [0.25, 0.3) is 0 Å². The summed E-state index contributed by atoms with van der Waals surface area (Å²) in [5.41, 5.74) is 1.34. The Labute approximate surface area is 134 Å². The molecule has 1 aliphatic heterocycles. The van der Waals surface area contributed by atoms with Crippen molar-refractivity contribution in [3.8, 4) is 0 Å². The van der Waals surface area contributed by atoms with Crippen LogP contribution in [0, 0.1) is 0 Å². The average Bonchev–Trinajstić information content (AvgIpc) is 3.03. The Morgan fingerprint density at radius 2 is 2.35 bits per heavy atom. The summed E-state index contributed by atoms with van der Waals surface area (Å²) in [5.74, 6) is 0.766. The van der Waals surface area contributed by atoms with E-state index in [0.717, 1.165) is 24.9 Å². The van der Waals surface area contributed by atoms with Crippen molar-refractivity contribution in [2.75, 3.05) is 38.2 Å². The van der Waals surface area contributed by atoms with Crippen LogP contribution in [0.4, 0.5) is 5.82 Å². The van der Waals surface area contributed by atoms with Crippen LogP contribution in [-0.4, -0.2) is 70.1 Å². The smallest absolute Gasteiger partial charge is 0.242 e. The molecular formula is C15H22N6O2. The van der Waals surface area contributed by atoms with Crippen molar-refractivity contribution in [2.45, 2.75) is 25.9 Å². The van der Waals surface area contributed by atoms with Gasteiger partial charge in [0, 0.05) is 26.7 Å². The van der Waals surface area contributed by atoms with Crippen LogP contribution in [0.25, 0.3) is 11.2 Å². The van der Waals surface area contributed by atoms with Crippen LogP contribution >= 0.6 is 0 Å². The summed E-state index contributed by atoms with van der Waals surface area (Å²) >= 11 is 0. The van der Waals surface area contributed by atoms with Crippen molar-refractivity contribution in [2.24, 2.45) is 0 Å². The predicted octanol–water partition coefficient (Wildman–Crippen LogP) is 0.817. The highest BCUT2D eigenvalue weighted by Gasteiger charge is 2.25. The van der Waals surface area contributed by atoms with Gasteiger partial charge >= 0.3 is 0 Å². The number of amides is 1. The van der Waals surface area contributed by atoms with Gasteiger partial charge in [0.15, 0.2) is 11.5 Å². The minimum Gasteiger partial charge on any atom is -0.377 e. The molecule has 8 heteroatoms. The fourth-order valence-electron chi connectivity index (χ4n) is 2.96. The van der Waals surface area contributed by atoms with E-state index >= 15 is 0 Å². The Balaban J connectivity index is 1.66. The number of aromatic nitrogens is 4. The number of anilines is 1. The summed E-state index contributed by atoms with van der Waals surface area (Å²) in [5, 5.41) is 0. The van der Waals surface area contributed by atoms with Crippen molar-refractivity contribution in [1.82, 2.24) is 24.8 Å². The Kier molecular flexibility index (Phi) is 4.71. The Hall–Kier alpha value is -2.22.